The van der Waals surface area contributed by atoms with Crippen LogP contribution in [0.3, 0.4) is 0 Å². The van der Waals surface area contributed by atoms with Crippen LogP contribution >= 0.6 is 0 Å². The number of allylic oxidation sites excluding steroid dienone is 5. The lowest BCUT2D eigenvalue weighted by Crippen LogP contribution is -2.45. The molecule has 0 aliphatic carbocycles. The Morgan fingerprint density at radius 3 is 0.879 bits per heavy atom. The van der Waals surface area contributed by atoms with E-state index < -0.39 is 12.1 Å². The van der Waals surface area contributed by atoms with E-state index in [1.165, 1.54) is 392 Å². The van der Waals surface area contributed by atoms with Crippen LogP contribution in [0.25, 0.3) is 0 Å². The Kier molecular flexibility index (Phi) is 78.8. The van der Waals surface area contributed by atoms with Crippen LogP contribution in [-0.4, -0.2) is 47.4 Å². The molecule has 0 saturated carbocycles. The predicted octanol–water partition coefficient (Wildman–Crippen LogP) is 27.8. The van der Waals surface area contributed by atoms with Crippen LogP contribution < -0.4 is 5.32 Å². The van der Waals surface area contributed by atoms with Crippen LogP contribution in [0.2, 0.25) is 0 Å². The minimum Gasteiger partial charge on any atom is -0.466 e. The molecular formula is C85H163NO5. The van der Waals surface area contributed by atoms with Crippen molar-refractivity contribution in [1.29, 1.82) is 0 Å². The molecule has 0 spiro atoms. The lowest BCUT2D eigenvalue weighted by atomic mass is 10.0. The second-order valence-electron chi connectivity index (χ2n) is 28.8. The summed E-state index contributed by atoms with van der Waals surface area (Å²) in [6, 6.07) is -0.625. The van der Waals surface area contributed by atoms with Crippen molar-refractivity contribution in [2.24, 2.45) is 0 Å². The third-order valence-electron chi connectivity index (χ3n) is 19.6. The van der Waals surface area contributed by atoms with Crippen LogP contribution in [0.5, 0.6) is 0 Å². The normalized spacial score (nSPS) is 12.6. The van der Waals surface area contributed by atoms with Crippen LogP contribution in [0.1, 0.15) is 470 Å². The molecule has 0 rings (SSSR count). The summed E-state index contributed by atoms with van der Waals surface area (Å²) >= 11 is 0. The van der Waals surface area contributed by atoms with Gasteiger partial charge in [0.25, 0.3) is 0 Å². The summed E-state index contributed by atoms with van der Waals surface area (Å²) in [4.78, 5) is 24.6. The van der Waals surface area contributed by atoms with E-state index in [1.54, 1.807) is 6.08 Å². The van der Waals surface area contributed by atoms with Gasteiger partial charge in [0.1, 0.15) is 0 Å². The first kappa shape index (κ1) is 89.1. The Balaban J connectivity index is 3.33. The van der Waals surface area contributed by atoms with Crippen molar-refractivity contribution in [2.75, 3.05) is 13.2 Å². The van der Waals surface area contributed by atoms with E-state index in [9.17, 15) is 19.8 Å². The lowest BCUT2D eigenvalue weighted by Gasteiger charge is -2.20. The zero-order chi connectivity index (χ0) is 65.6. The zero-order valence-corrected chi connectivity index (χ0v) is 61.9. The molecule has 0 radical (unpaired) electrons. The summed E-state index contributed by atoms with van der Waals surface area (Å²) in [7, 11) is 0. The monoisotopic (exact) mass is 1280 g/mol. The van der Waals surface area contributed by atoms with Gasteiger partial charge in [-0.25, -0.2) is 0 Å². The van der Waals surface area contributed by atoms with Crippen molar-refractivity contribution in [3.8, 4) is 0 Å². The molecule has 0 fully saturated rings. The first-order valence-electron chi connectivity index (χ1n) is 41.8. The van der Waals surface area contributed by atoms with Crippen molar-refractivity contribution >= 4 is 11.9 Å². The number of rotatable bonds is 79. The summed E-state index contributed by atoms with van der Waals surface area (Å²) < 4.78 is 5.49. The molecule has 0 aromatic rings. The SMILES string of the molecule is CCC/C=C\C/C=C\CCCCCCCC(=O)OCCCCCCCCCCCCCCCCCCCCCCCCCCCCCCCCCCCCCCCC(=O)NC(CO)C(O)/C=C/CCCCCCCCCCCCCCCCCCCCCCCC. The molecule has 538 valence electrons. The Morgan fingerprint density at radius 2 is 0.571 bits per heavy atom. The summed E-state index contributed by atoms with van der Waals surface area (Å²) in [5.41, 5.74) is 0. The third-order valence-corrected chi connectivity index (χ3v) is 19.6. The third kappa shape index (κ3) is 77.0. The van der Waals surface area contributed by atoms with Crippen molar-refractivity contribution in [2.45, 2.75) is 482 Å². The number of hydrogen-bond acceptors (Lipinski definition) is 5. The van der Waals surface area contributed by atoms with Crippen LogP contribution in [0, 0.1) is 0 Å². The van der Waals surface area contributed by atoms with Gasteiger partial charge in [-0.05, 0) is 57.8 Å². The maximum Gasteiger partial charge on any atom is 0.305 e. The summed E-state index contributed by atoms with van der Waals surface area (Å²) in [6.07, 6.45) is 106. The highest BCUT2D eigenvalue weighted by Gasteiger charge is 2.18. The molecule has 0 aromatic carbocycles. The van der Waals surface area contributed by atoms with Crippen molar-refractivity contribution in [1.82, 2.24) is 5.32 Å². The molecular weight excluding hydrogens is 1110 g/mol. The molecule has 2 unspecified atom stereocenters. The average molecular weight is 1280 g/mol. The molecule has 0 aliphatic heterocycles. The number of aliphatic hydroxyl groups excluding tert-OH is 2. The molecule has 0 saturated heterocycles. The molecule has 3 N–H and O–H groups in total. The van der Waals surface area contributed by atoms with Crippen LogP contribution in [0.15, 0.2) is 36.5 Å². The number of unbranched alkanes of at least 4 members (excludes halogenated alkanes) is 64. The Hall–Kier alpha value is -1.92. The van der Waals surface area contributed by atoms with E-state index >= 15 is 0 Å². The van der Waals surface area contributed by atoms with Gasteiger partial charge in [-0.1, -0.05) is 436 Å². The number of nitrogens with one attached hydrogen (secondary N) is 1. The van der Waals surface area contributed by atoms with Crippen molar-refractivity contribution < 1.29 is 24.5 Å². The number of ether oxygens (including phenoxy) is 1. The zero-order valence-electron chi connectivity index (χ0n) is 61.9. The lowest BCUT2D eigenvalue weighted by molar-refractivity contribution is -0.143. The van der Waals surface area contributed by atoms with Crippen molar-refractivity contribution in [3.63, 3.8) is 0 Å². The highest BCUT2D eigenvalue weighted by atomic mass is 16.5. The molecule has 0 bridgehead atoms. The fraction of sp³-hybridized carbons (Fsp3) is 0.906. The highest BCUT2D eigenvalue weighted by Crippen LogP contribution is 2.21. The maximum absolute atomic E-state index is 12.6. The average Bonchev–Trinajstić information content (AvgIpc) is 3.68. The largest absolute Gasteiger partial charge is 0.466 e. The smallest absolute Gasteiger partial charge is 0.305 e. The van der Waals surface area contributed by atoms with Gasteiger partial charge in [0, 0.05) is 12.8 Å². The van der Waals surface area contributed by atoms with E-state index in [2.05, 4.69) is 43.5 Å². The summed E-state index contributed by atoms with van der Waals surface area (Å²) in [5.74, 6) is -0.0485. The van der Waals surface area contributed by atoms with E-state index in [-0.39, 0.29) is 18.5 Å². The minimum absolute atomic E-state index is 0.00840. The first-order valence-corrected chi connectivity index (χ1v) is 41.8. The molecule has 6 heteroatoms. The van der Waals surface area contributed by atoms with E-state index in [0.717, 1.165) is 51.4 Å². The van der Waals surface area contributed by atoms with E-state index in [0.29, 0.717) is 19.4 Å². The Labute approximate surface area is 570 Å². The molecule has 6 nitrogen and oxygen atoms in total. The highest BCUT2D eigenvalue weighted by molar-refractivity contribution is 5.76. The second-order valence-corrected chi connectivity index (χ2v) is 28.8. The topological polar surface area (TPSA) is 95.9 Å². The van der Waals surface area contributed by atoms with Gasteiger partial charge in [0.2, 0.25) is 5.91 Å². The quantitative estimate of drug-likeness (QED) is 0.0320. The van der Waals surface area contributed by atoms with Gasteiger partial charge in [0.05, 0.1) is 25.4 Å². The van der Waals surface area contributed by atoms with Gasteiger partial charge >= 0.3 is 5.97 Å². The van der Waals surface area contributed by atoms with Gasteiger partial charge in [-0.3, -0.25) is 9.59 Å². The summed E-state index contributed by atoms with van der Waals surface area (Å²) in [5, 5.41) is 23.3. The van der Waals surface area contributed by atoms with Crippen LogP contribution in [0.4, 0.5) is 0 Å². The Morgan fingerprint density at radius 1 is 0.308 bits per heavy atom. The van der Waals surface area contributed by atoms with Gasteiger partial charge in [0.15, 0.2) is 0 Å². The number of esters is 1. The molecule has 2 atom stereocenters. The number of aliphatic hydroxyl groups is 2. The molecule has 0 aliphatic rings. The molecule has 1 amide bonds. The fourth-order valence-electron chi connectivity index (χ4n) is 13.3. The minimum atomic E-state index is -0.842. The second kappa shape index (κ2) is 80.5. The number of hydrogen-bond donors (Lipinski definition) is 3. The standard InChI is InChI=1S/C85H163NO5/c1-3-5-7-9-11-13-15-17-18-19-20-21-22-38-41-44-47-50-54-57-61-65-69-73-77-83(88)82(81-87)86-84(89)78-74-70-66-62-58-55-51-48-45-42-39-36-34-32-30-28-26-24-23-25-27-29-31-33-35-37-40-43-46-49-52-56-60-64-68-72-76-80-91-85(90)79-75-71-67-63-59-53-16-14-12-10-8-6-4-2/h8,10,14,16,73,77,82-83,87-88H,3-7,9,11-13,15,17-72,74-76,78-81H2,1-2H3,(H,86,89)/b10-8-,16-14-,77-73+. The van der Waals surface area contributed by atoms with Gasteiger partial charge in [-0.2, -0.15) is 0 Å². The first-order chi connectivity index (χ1) is 45.0. The molecule has 0 heterocycles. The molecule has 91 heavy (non-hydrogen) atoms. The molecule has 0 aromatic heterocycles. The number of amides is 1. The maximum atomic E-state index is 12.6. The van der Waals surface area contributed by atoms with Crippen molar-refractivity contribution in [3.05, 3.63) is 36.5 Å². The van der Waals surface area contributed by atoms with Crippen LogP contribution in [-0.2, 0) is 14.3 Å². The summed E-state index contributed by atoms with van der Waals surface area (Å²) in [6.45, 7) is 4.89. The fourth-order valence-corrected chi connectivity index (χ4v) is 13.3. The number of carbonyl (C=O) groups is 2. The predicted molar refractivity (Wildman–Crippen MR) is 403 cm³/mol. The van der Waals surface area contributed by atoms with E-state index in [4.69, 9.17) is 4.74 Å². The van der Waals surface area contributed by atoms with Gasteiger partial charge < -0.3 is 20.3 Å². The number of carbonyl (C=O) groups excluding carboxylic acids is 2. The van der Waals surface area contributed by atoms with E-state index in [1.807, 2.05) is 6.08 Å². The van der Waals surface area contributed by atoms with Gasteiger partial charge in [-0.15, -0.1) is 0 Å². The Bertz CT molecular complexity index is 1470.